The second-order valence-corrected chi connectivity index (χ2v) is 8.22. The fourth-order valence-corrected chi connectivity index (χ4v) is 4.05. The van der Waals surface area contributed by atoms with Crippen LogP contribution in [-0.2, 0) is 17.8 Å². The van der Waals surface area contributed by atoms with Gasteiger partial charge >= 0.3 is 0 Å². The third kappa shape index (κ3) is 4.63. The number of aryl methyl sites for hydroxylation is 1. The van der Waals surface area contributed by atoms with E-state index in [9.17, 15) is 4.79 Å². The lowest BCUT2D eigenvalue weighted by molar-refractivity contribution is -0.130. The van der Waals surface area contributed by atoms with Crippen molar-refractivity contribution in [3.05, 3.63) is 17.0 Å². The molecule has 142 valence electrons. The lowest BCUT2D eigenvalue weighted by Crippen LogP contribution is -2.36. The van der Waals surface area contributed by atoms with E-state index in [2.05, 4.69) is 68.3 Å². The number of nitrogens with zero attached hydrogens (tertiary/aromatic N) is 4. The quantitative estimate of drug-likeness (QED) is 0.761. The van der Waals surface area contributed by atoms with Crippen molar-refractivity contribution in [3.63, 3.8) is 0 Å². The molecule has 0 saturated carbocycles. The molecule has 5 nitrogen and oxygen atoms in total. The van der Waals surface area contributed by atoms with Crippen LogP contribution in [0.25, 0.3) is 0 Å². The summed E-state index contributed by atoms with van der Waals surface area (Å²) in [5.74, 6) is 1.46. The summed E-state index contributed by atoms with van der Waals surface area (Å²) in [4.78, 5) is 17.1. The van der Waals surface area contributed by atoms with Crippen LogP contribution in [0.1, 0.15) is 50.6 Å². The van der Waals surface area contributed by atoms with Gasteiger partial charge in [-0.3, -0.25) is 9.48 Å². The molecule has 1 aliphatic rings. The van der Waals surface area contributed by atoms with Gasteiger partial charge in [-0.15, -0.1) is 0 Å². The molecule has 2 rings (SSSR count). The van der Waals surface area contributed by atoms with E-state index in [1.807, 2.05) is 0 Å². The van der Waals surface area contributed by atoms with Crippen LogP contribution < -0.4 is 0 Å². The van der Waals surface area contributed by atoms with Crippen LogP contribution in [0.4, 0.5) is 0 Å². The van der Waals surface area contributed by atoms with Crippen LogP contribution in [0, 0.1) is 25.7 Å². The summed E-state index contributed by atoms with van der Waals surface area (Å²) in [5, 5.41) is 4.67. The highest BCUT2D eigenvalue weighted by molar-refractivity contribution is 5.77. The zero-order chi connectivity index (χ0) is 18.7. The summed E-state index contributed by atoms with van der Waals surface area (Å²) in [7, 11) is 4.24. The van der Waals surface area contributed by atoms with E-state index >= 15 is 0 Å². The van der Waals surface area contributed by atoms with Crippen molar-refractivity contribution < 1.29 is 4.79 Å². The molecule has 0 radical (unpaired) electrons. The molecule has 1 fully saturated rings. The minimum absolute atomic E-state index is 0.290. The van der Waals surface area contributed by atoms with Crippen LogP contribution in [0.2, 0.25) is 0 Å². The molecule has 5 heteroatoms. The van der Waals surface area contributed by atoms with Gasteiger partial charge in [0.25, 0.3) is 0 Å². The third-order valence-corrected chi connectivity index (χ3v) is 5.61. The minimum Gasteiger partial charge on any atom is -0.341 e. The highest BCUT2D eigenvalue weighted by Crippen LogP contribution is 2.24. The molecule has 0 aromatic carbocycles. The molecule has 1 amide bonds. The maximum absolute atomic E-state index is 12.7. The monoisotopic (exact) mass is 348 g/mol. The molecule has 0 N–H and O–H groups in total. The average molecular weight is 349 g/mol. The molecule has 25 heavy (non-hydrogen) atoms. The molecular weight excluding hydrogens is 312 g/mol. The Bertz CT molecular complexity index is 591. The second-order valence-electron chi connectivity index (χ2n) is 8.22. The minimum atomic E-state index is 0.290. The average Bonchev–Trinajstić information content (AvgIpc) is 3.07. The van der Waals surface area contributed by atoms with Crippen molar-refractivity contribution in [1.82, 2.24) is 19.6 Å². The van der Waals surface area contributed by atoms with Crippen molar-refractivity contribution in [1.29, 1.82) is 0 Å². The first-order chi connectivity index (χ1) is 11.7. The Balaban J connectivity index is 1.98. The maximum Gasteiger partial charge on any atom is 0.222 e. The first kappa shape index (κ1) is 20.0. The van der Waals surface area contributed by atoms with Crippen molar-refractivity contribution in [3.8, 4) is 0 Å². The van der Waals surface area contributed by atoms with Crippen LogP contribution in [-0.4, -0.2) is 58.7 Å². The van der Waals surface area contributed by atoms with Crippen molar-refractivity contribution >= 4 is 5.91 Å². The molecule has 1 aromatic rings. The molecule has 1 aromatic heterocycles. The predicted molar refractivity (Wildman–Crippen MR) is 103 cm³/mol. The number of aromatic nitrogens is 2. The van der Waals surface area contributed by atoms with Gasteiger partial charge < -0.3 is 9.80 Å². The molecule has 1 saturated heterocycles. The normalized spacial score (nSPS) is 20.9. The van der Waals surface area contributed by atoms with Gasteiger partial charge in [-0.2, -0.15) is 5.10 Å². The summed E-state index contributed by atoms with van der Waals surface area (Å²) in [6, 6.07) is 0.492. The van der Waals surface area contributed by atoms with Gasteiger partial charge in [-0.25, -0.2) is 0 Å². The first-order valence-corrected chi connectivity index (χ1v) is 9.71. The number of amides is 1. The lowest BCUT2D eigenvalue weighted by atomic mass is 10.0. The Labute approximate surface area is 153 Å². The van der Waals surface area contributed by atoms with Gasteiger partial charge in [0.05, 0.1) is 5.69 Å². The Morgan fingerprint density at radius 2 is 1.96 bits per heavy atom. The number of likely N-dealkylation sites (N-methyl/N-ethyl adjacent to an activating group) is 1. The molecule has 0 aliphatic carbocycles. The zero-order valence-electron chi connectivity index (χ0n) is 17.2. The largest absolute Gasteiger partial charge is 0.341 e. The van der Waals surface area contributed by atoms with E-state index < -0.39 is 0 Å². The Kier molecular flexibility index (Phi) is 6.66. The van der Waals surface area contributed by atoms with Crippen LogP contribution in [0.15, 0.2) is 0 Å². The van der Waals surface area contributed by atoms with E-state index in [0.717, 1.165) is 38.2 Å². The van der Waals surface area contributed by atoms with Gasteiger partial charge in [0.15, 0.2) is 0 Å². The summed E-state index contributed by atoms with van der Waals surface area (Å²) in [5.41, 5.74) is 3.55. The molecule has 2 heterocycles. The molecule has 0 bridgehead atoms. The topological polar surface area (TPSA) is 41.4 Å². The van der Waals surface area contributed by atoms with Crippen molar-refractivity contribution in [2.75, 3.05) is 27.2 Å². The standard InChI is InChI=1S/C20H36N4O/c1-8-17-12-23(13-19(17)22(6)7)20(25)10-9-18-15(4)21-24(16(18)5)11-14(2)3/h14,17,19H,8-13H2,1-7H3/t17-,19+/m0/s1. The summed E-state index contributed by atoms with van der Waals surface area (Å²) < 4.78 is 2.10. The number of hydrogen-bond acceptors (Lipinski definition) is 3. The number of carbonyl (C=O) groups excluding carboxylic acids is 1. The zero-order valence-corrected chi connectivity index (χ0v) is 17.2. The fraction of sp³-hybridized carbons (Fsp3) is 0.800. The maximum atomic E-state index is 12.7. The first-order valence-electron chi connectivity index (χ1n) is 9.71. The molecular formula is C20H36N4O. The predicted octanol–water partition coefficient (Wildman–Crippen LogP) is 2.89. The summed E-state index contributed by atoms with van der Waals surface area (Å²) in [6.07, 6.45) is 2.52. The van der Waals surface area contributed by atoms with Gasteiger partial charge in [-0.05, 0) is 51.8 Å². The van der Waals surface area contributed by atoms with E-state index in [4.69, 9.17) is 0 Å². The number of carbonyl (C=O) groups is 1. The number of likely N-dealkylation sites (tertiary alicyclic amines) is 1. The lowest BCUT2D eigenvalue weighted by Gasteiger charge is -2.23. The van der Waals surface area contributed by atoms with E-state index in [1.165, 1.54) is 11.3 Å². The van der Waals surface area contributed by atoms with Crippen LogP contribution in [0.5, 0.6) is 0 Å². The Morgan fingerprint density at radius 3 is 2.48 bits per heavy atom. The Hall–Kier alpha value is -1.36. The van der Waals surface area contributed by atoms with Crippen molar-refractivity contribution in [2.24, 2.45) is 11.8 Å². The molecule has 2 atom stereocenters. The molecule has 0 unspecified atom stereocenters. The van der Waals surface area contributed by atoms with Crippen LogP contribution in [0.3, 0.4) is 0 Å². The van der Waals surface area contributed by atoms with Crippen LogP contribution >= 0.6 is 0 Å². The summed E-state index contributed by atoms with van der Waals surface area (Å²) in [6.45, 7) is 13.6. The highest BCUT2D eigenvalue weighted by Gasteiger charge is 2.35. The van der Waals surface area contributed by atoms with E-state index in [-0.39, 0.29) is 0 Å². The number of hydrogen-bond donors (Lipinski definition) is 0. The number of rotatable bonds is 7. The third-order valence-electron chi connectivity index (χ3n) is 5.61. The second kappa shape index (κ2) is 8.35. The van der Waals surface area contributed by atoms with Gasteiger partial charge in [0, 0.05) is 37.8 Å². The molecule has 1 aliphatic heterocycles. The van der Waals surface area contributed by atoms with Gasteiger partial charge in [0.1, 0.15) is 0 Å². The van der Waals surface area contributed by atoms with E-state index in [0.29, 0.717) is 30.2 Å². The van der Waals surface area contributed by atoms with Gasteiger partial charge in [0.2, 0.25) is 5.91 Å². The van der Waals surface area contributed by atoms with Crippen molar-refractivity contribution in [2.45, 2.75) is 66.5 Å². The SMILES string of the molecule is CC[C@H]1CN(C(=O)CCc2c(C)nn(CC(C)C)c2C)C[C@H]1N(C)C. The Morgan fingerprint density at radius 1 is 1.28 bits per heavy atom. The molecule has 0 spiro atoms. The summed E-state index contributed by atoms with van der Waals surface area (Å²) >= 11 is 0. The van der Waals surface area contributed by atoms with E-state index in [1.54, 1.807) is 0 Å². The smallest absolute Gasteiger partial charge is 0.222 e. The fourth-order valence-electron chi connectivity index (χ4n) is 4.05. The van der Waals surface area contributed by atoms with Gasteiger partial charge in [-0.1, -0.05) is 27.2 Å². The highest BCUT2D eigenvalue weighted by atomic mass is 16.2.